The van der Waals surface area contributed by atoms with E-state index in [1.54, 1.807) is 0 Å². The van der Waals surface area contributed by atoms with Crippen LogP contribution >= 0.6 is 39.1 Å². The smallest absolute Gasteiger partial charge is 0.198 e. The molecule has 0 aliphatic heterocycles. The van der Waals surface area contributed by atoms with Crippen LogP contribution in [0.1, 0.15) is 5.56 Å². The van der Waals surface area contributed by atoms with Crippen molar-refractivity contribution in [2.24, 2.45) is 0 Å². The summed E-state index contributed by atoms with van der Waals surface area (Å²) in [6, 6.07) is 6.78. The Balaban J connectivity index is 2.38. The third-order valence-electron chi connectivity index (χ3n) is 2.32. The minimum atomic E-state index is -0.791. The molecule has 0 aromatic heterocycles. The monoisotopic (exact) mass is 366 g/mol. The van der Waals surface area contributed by atoms with E-state index < -0.39 is 17.4 Å². The number of benzene rings is 2. The third kappa shape index (κ3) is 3.38. The van der Waals surface area contributed by atoms with Crippen LogP contribution in [0.3, 0.4) is 0 Å². The van der Waals surface area contributed by atoms with Gasteiger partial charge in [0.2, 0.25) is 0 Å². The number of halogens is 5. The Bertz CT molecular complexity index is 597. The molecular formula is C13H7BrCl2F2O. The molecule has 0 aliphatic carbocycles. The Morgan fingerprint density at radius 2 is 1.68 bits per heavy atom. The van der Waals surface area contributed by atoms with Crippen LogP contribution in [0, 0.1) is 11.6 Å². The Morgan fingerprint density at radius 1 is 1.05 bits per heavy atom. The lowest BCUT2D eigenvalue weighted by Crippen LogP contribution is -1.95. The van der Waals surface area contributed by atoms with Gasteiger partial charge in [0.1, 0.15) is 5.75 Å². The standard InChI is InChI=1S/C13H7BrCl2F2O/c14-6-7-3-10(17)13(11(18)4-7)19-12-2-1-8(15)5-9(12)16/h1-5H,6H2. The molecule has 0 unspecified atom stereocenters. The molecule has 100 valence electrons. The molecule has 0 aliphatic rings. The average Bonchev–Trinajstić information content (AvgIpc) is 2.35. The van der Waals surface area contributed by atoms with Crippen molar-refractivity contribution in [3.05, 3.63) is 57.6 Å². The van der Waals surface area contributed by atoms with Crippen molar-refractivity contribution in [1.29, 1.82) is 0 Å². The molecule has 6 heteroatoms. The zero-order valence-corrected chi connectivity index (χ0v) is 12.5. The maximum atomic E-state index is 13.7. The Kier molecular flexibility index (Phi) is 4.66. The lowest BCUT2D eigenvalue weighted by molar-refractivity contribution is 0.407. The molecule has 0 N–H and O–H groups in total. The SMILES string of the molecule is Fc1cc(CBr)cc(F)c1Oc1ccc(Cl)cc1Cl. The highest BCUT2D eigenvalue weighted by Gasteiger charge is 2.15. The van der Waals surface area contributed by atoms with Crippen molar-refractivity contribution < 1.29 is 13.5 Å². The van der Waals surface area contributed by atoms with Crippen LogP contribution in [-0.4, -0.2) is 0 Å². The van der Waals surface area contributed by atoms with Crippen molar-refractivity contribution >= 4 is 39.1 Å². The van der Waals surface area contributed by atoms with Gasteiger partial charge < -0.3 is 4.74 Å². The Labute approximate surface area is 127 Å². The van der Waals surface area contributed by atoms with E-state index in [-0.39, 0.29) is 10.8 Å². The molecule has 1 nitrogen and oxygen atoms in total. The highest BCUT2D eigenvalue weighted by atomic mass is 79.9. The predicted molar refractivity (Wildman–Crippen MR) is 75.5 cm³/mol. The highest BCUT2D eigenvalue weighted by molar-refractivity contribution is 9.08. The van der Waals surface area contributed by atoms with Crippen molar-refractivity contribution in [2.45, 2.75) is 5.33 Å². The molecule has 0 fully saturated rings. The summed E-state index contributed by atoms with van der Waals surface area (Å²) in [7, 11) is 0. The topological polar surface area (TPSA) is 9.23 Å². The summed E-state index contributed by atoms with van der Waals surface area (Å²) >= 11 is 14.7. The average molecular weight is 368 g/mol. The summed E-state index contributed by atoms with van der Waals surface area (Å²) in [5.41, 5.74) is 0.476. The van der Waals surface area contributed by atoms with E-state index in [1.807, 2.05) is 0 Å². The van der Waals surface area contributed by atoms with Gasteiger partial charge in [-0.05, 0) is 35.9 Å². The molecule has 0 heterocycles. The normalized spacial score (nSPS) is 10.6. The van der Waals surface area contributed by atoms with Gasteiger partial charge in [-0.25, -0.2) is 8.78 Å². The zero-order valence-electron chi connectivity index (χ0n) is 9.39. The van der Waals surface area contributed by atoms with Crippen LogP contribution in [-0.2, 0) is 5.33 Å². The zero-order chi connectivity index (χ0) is 14.0. The van der Waals surface area contributed by atoms with Crippen LogP contribution in [0.4, 0.5) is 8.78 Å². The molecule has 0 saturated heterocycles. The molecule has 0 radical (unpaired) electrons. The minimum absolute atomic E-state index is 0.135. The first-order valence-corrected chi connectivity index (χ1v) is 7.06. The van der Waals surface area contributed by atoms with Gasteiger partial charge in [-0.1, -0.05) is 39.1 Å². The number of hydrogen-bond donors (Lipinski definition) is 0. The van der Waals surface area contributed by atoms with E-state index in [0.717, 1.165) is 0 Å². The minimum Gasteiger partial charge on any atom is -0.450 e. The first-order valence-electron chi connectivity index (χ1n) is 5.18. The van der Waals surface area contributed by atoms with Gasteiger partial charge in [0.25, 0.3) is 0 Å². The van der Waals surface area contributed by atoms with Gasteiger partial charge in [-0.3, -0.25) is 0 Å². The van der Waals surface area contributed by atoms with Gasteiger partial charge >= 0.3 is 0 Å². The number of ether oxygens (including phenoxy) is 1. The van der Waals surface area contributed by atoms with E-state index in [1.165, 1.54) is 30.3 Å². The van der Waals surface area contributed by atoms with Crippen LogP contribution in [0.15, 0.2) is 30.3 Å². The maximum Gasteiger partial charge on any atom is 0.198 e. The molecular weight excluding hydrogens is 361 g/mol. The highest BCUT2D eigenvalue weighted by Crippen LogP contribution is 2.34. The lowest BCUT2D eigenvalue weighted by atomic mass is 10.2. The predicted octanol–water partition coefficient (Wildman–Crippen LogP) is 5.96. The van der Waals surface area contributed by atoms with Gasteiger partial charge in [0.05, 0.1) is 5.02 Å². The van der Waals surface area contributed by atoms with Crippen LogP contribution in [0.25, 0.3) is 0 Å². The second-order valence-electron chi connectivity index (χ2n) is 3.70. The Morgan fingerprint density at radius 3 is 2.21 bits per heavy atom. The first-order chi connectivity index (χ1) is 9.01. The quantitative estimate of drug-likeness (QED) is 0.608. The molecule has 0 amide bonds. The fourth-order valence-corrected chi connectivity index (χ4v) is 2.23. The van der Waals surface area contributed by atoms with Gasteiger partial charge in [0, 0.05) is 10.4 Å². The molecule has 0 atom stereocenters. The number of hydrogen-bond acceptors (Lipinski definition) is 1. The van der Waals surface area contributed by atoms with Crippen LogP contribution in [0.5, 0.6) is 11.5 Å². The van der Waals surface area contributed by atoms with E-state index >= 15 is 0 Å². The van der Waals surface area contributed by atoms with E-state index in [0.29, 0.717) is 15.9 Å². The second kappa shape index (κ2) is 6.07. The molecule has 0 spiro atoms. The van der Waals surface area contributed by atoms with E-state index in [4.69, 9.17) is 27.9 Å². The fourth-order valence-electron chi connectivity index (χ4n) is 1.45. The van der Waals surface area contributed by atoms with Crippen LogP contribution < -0.4 is 4.74 Å². The molecule has 2 aromatic carbocycles. The second-order valence-corrected chi connectivity index (χ2v) is 5.10. The summed E-state index contributed by atoms with van der Waals surface area (Å²) in [5.74, 6) is -1.94. The maximum absolute atomic E-state index is 13.7. The summed E-state index contributed by atoms with van der Waals surface area (Å²) in [4.78, 5) is 0. The number of alkyl halides is 1. The summed E-state index contributed by atoms with van der Waals surface area (Å²) in [6.45, 7) is 0. The van der Waals surface area contributed by atoms with E-state index in [9.17, 15) is 8.78 Å². The molecule has 0 saturated carbocycles. The molecule has 2 aromatic rings. The Hall–Kier alpha value is -0.840. The van der Waals surface area contributed by atoms with Crippen molar-refractivity contribution in [1.82, 2.24) is 0 Å². The molecule has 19 heavy (non-hydrogen) atoms. The van der Waals surface area contributed by atoms with Crippen molar-refractivity contribution in [3.8, 4) is 11.5 Å². The van der Waals surface area contributed by atoms with E-state index in [2.05, 4.69) is 15.9 Å². The van der Waals surface area contributed by atoms with Gasteiger partial charge in [0.15, 0.2) is 17.4 Å². The van der Waals surface area contributed by atoms with Crippen molar-refractivity contribution in [3.63, 3.8) is 0 Å². The first kappa shape index (κ1) is 14.6. The lowest BCUT2D eigenvalue weighted by Gasteiger charge is -2.10. The van der Waals surface area contributed by atoms with Gasteiger partial charge in [-0.2, -0.15) is 0 Å². The number of rotatable bonds is 3. The third-order valence-corrected chi connectivity index (χ3v) is 3.50. The summed E-state index contributed by atoms with van der Waals surface area (Å²) < 4.78 is 32.6. The van der Waals surface area contributed by atoms with Gasteiger partial charge in [-0.15, -0.1) is 0 Å². The fraction of sp³-hybridized carbons (Fsp3) is 0.0769. The summed E-state index contributed by atoms with van der Waals surface area (Å²) in [6.07, 6.45) is 0. The summed E-state index contributed by atoms with van der Waals surface area (Å²) in [5, 5.41) is 0.937. The largest absolute Gasteiger partial charge is 0.450 e. The molecule has 2 rings (SSSR count). The van der Waals surface area contributed by atoms with Crippen LogP contribution in [0.2, 0.25) is 10.0 Å². The molecule has 0 bridgehead atoms. The van der Waals surface area contributed by atoms with Crippen molar-refractivity contribution in [2.75, 3.05) is 0 Å².